The highest BCUT2D eigenvalue weighted by molar-refractivity contribution is 5.65. The first-order valence-electron chi connectivity index (χ1n) is 5.34. The Kier molecular flexibility index (Phi) is 3.23. The Balaban J connectivity index is 2.06. The van der Waals surface area contributed by atoms with Crippen LogP contribution in [0.15, 0.2) is 18.5 Å². The number of amides is 1. The fourth-order valence-corrected chi connectivity index (χ4v) is 2.08. The molecule has 0 spiro atoms. The fourth-order valence-electron chi connectivity index (χ4n) is 2.08. The second-order valence-electron chi connectivity index (χ2n) is 4.16. The van der Waals surface area contributed by atoms with Gasteiger partial charge in [0.25, 0.3) is 0 Å². The first-order chi connectivity index (χ1) is 8.08. The van der Waals surface area contributed by atoms with Crippen LogP contribution in [0.4, 0.5) is 9.18 Å². The highest BCUT2D eigenvalue weighted by atomic mass is 19.1. The molecule has 2 heterocycles. The Morgan fingerprint density at radius 1 is 1.59 bits per heavy atom. The molecule has 1 aromatic heterocycles. The highest BCUT2D eigenvalue weighted by Crippen LogP contribution is 2.29. The lowest BCUT2D eigenvalue weighted by Crippen LogP contribution is -2.27. The Labute approximate surface area is 97.5 Å². The molecule has 1 aliphatic rings. The average Bonchev–Trinajstić information content (AvgIpc) is 2.77. The van der Waals surface area contributed by atoms with Crippen molar-refractivity contribution in [3.05, 3.63) is 29.8 Å². The maximum absolute atomic E-state index is 12.9. The second kappa shape index (κ2) is 4.67. The van der Waals surface area contributed by atoms with Crippen molar-refractivity contribution in [3.8, 4) is 0 Å². The van der Waals surface area contributed by atoms with Crippen LogP contribution >= 0.6 is 0 Å². The number of carbonyl (C=O) groups is 1. The smallest absolute Gasteiger partial charge is 0.407 e. The maximum Gasteiger partial charge on any atom is 0.407 e. The quantitative estimate of drug-likeness (QED) is 0.816. The van der Waals surface area contributed by atoms with Gasteiger partial charge in [0.1, 0.15) is 5.82 Å². The van der Waals surface area contributed by atoms with E-state index in [0.717, 1.165) is 6.20 Å². The van der Waals surface area contributed by atoms with Crippen LogP contribution in [0.5, 0.6) is 0 Å². The zero-order chi connectivity index (χ0) is 12.4. The minimum absolute atomic E-state index is 0.199. The lowest BCUT2D eigenvalue weighted by molar-refractivity contribution is 0.107. The lowest BCUT2D eigenvalue weighted by Gasteiger charge is -2.18. The number of hydrogen-bond acceptors (Lipinski definition) is 3. The third-order valence-electron chi connectivity index (χ3n) is 3.01. The van der Waals surface area contributed by atoms with Crippen LogP contribution in [0.3, 0.4) is 0 Å². The number of halogens is 1. The van der Waals surface area contributed by atoms with Crippen LogP contribution in [-0.4, -0.2) is 39.3 Å². The Bertz CT molecular complexity index is 427. The molecule has 0 unspecified atom stereocenters. The van der Waals surface area contributed by atoms with Gasteiger partial charge >= 0.3 is 6.09 Å². The summed E-state index contributed by atoms with van der Waals surface area (Å²) in [5.74, 6) is -0.704. The van der Waals surface area contributed by atoms with E-state index in [-0.39, 0.29) is 12.5 Å². The summed E-state index contributed by atoms with van der Waals surface area (Å²) in [6.45, 7) is 0.673. The highest BCUT2D eigenvalue weighted by Gasteiger charge is 2.31. The van der Waals surface area contributed by atoms with E-state index in [1.54, 1.807) is 0 Å². The van der Waals surface area contributed by atoms with Gasteiger partial charge in [-0.2, -0.15) is 0 Å². The van der Waals surface area contributed by atoms with E-state index in [0.29, 0.717) is 18.5 Å². The van der Waals surface area contributed by atoms with Crippen molar-refractivity contribution in [2.45, 2.75) is 12.5 Å². The van der Waals surface area contributed by atoms with Crippen LogP contribution in [-0.2, 0) is 0 Å². The van der Waals surface area contributed by atoms with Crippen LogP contribution in [0.25, 0.3) is 0 Å². The minimum atomic E-state index is -0.989. The van der Waals surface area contributed by atoms with Gasteiger partial charge in [0.15, 0.2) is 0 Å². The summed E-state index contributed by atoms with van der Waals surface area (Å²) in [5, 5.41) is 18.8. The van der Waals surface area contributed by atoms with Gasteiger partial charge in [-0.05, 0) is 12.5 Å². The molecule has 1 fully saturated rings. The molecule has 0 aromatic carbocycles. The average molecular weight is 240 g/mol. The van der Waals surface area contributed by atoms with Gasteiger partial charge in [-0.15, -0.1) is 0 Å². The molecule has 1 aliphatic heterocycles. The maximum atomic E-state index is 12.9. The molecule has 2 atom stereocenters. The third kappa shape index (κ3) is 2.52. The van der Waals surface area contributed by atoms with Crippen molar-refractivity contribution in [2.75, 3.05) is 13.1 Å². The van der Waals surface area contributed by atoms with E-state index < -0.39 is 18.0 Å². The first-order valence-corrected chi connectivity index (χ1v) is 5.34. The molecule has 1 saturated heterocycles. The van der Waals surface area contributed by atoms with Crippen LogP contribution < -0.4 is 0 Å². The molecule has 0 bridgehead atoms. The third-order valence-corrected chi connectivity index (χ3v) is 3.01. The zero-order valence-electron chi connectivity index (χ0n) is 9.08. The van der Waals surface area contributed by atoms with E-state index in [1.165, 1.54) is 17.2 Å². The van der Waals surface area contributed by atoms with Gasteiger partial charge in [-0.25, -0.2) is 9.18 Å². The number of carboxylic acid groups (broad SMARTS) is 1. The van der Waals surface area contributed by atoms with E-state index in [1.807, 2.05) is 0 Å². The molecule has 6 heteroatoms. The molecule has 1 amide bonds. The minimum Gasteiger partial charge on any atom is -0.465 e. The van der Waals surface area contributed by atoms with Gasteiger partial charge in [0.2, 0.25) is 0 Å². The van der Waals surface area contributed by atoms with E-state index >= 15 is 0 Å². The van der Waals surface area contributed by atoms with Gasteiger partial charge in [-0.1, -0.05) is 0 Å². The summed E-state index contributed by atoms with van der Waals surface area (Å²) in [5.41, 5.74) is 0.391. The number of hydrogen-bond donors (Lipinski definition) is 2. The number of aromatic nitrogens is 1. The van der Waals surface area contributed by atoms with Gasteiger partial charge < -0.3 is 15.1 Å². The summed E-state index contributed by atoms with van der Waals surface area (Å²) >= 11 is 0. The summed E-state index contributed by atoms with van der Waals surface area (Å²) in [6.07, 6.45) is 1.18. The Hall–Kier alpha value is -1.69. The predicted molar refractivity (Wildman–Crippen MR) is 56.9 cm³/mol. The largest absolute Gasteiger partial charge is 0.465 e. The Morgan fingerprint density at radius 3 is 2.94 bits per heavy atom. The number of aliphatic hydroxyl groups is 1. The van der Waals surface area contributed by atoms with Crippen molar-refractivity contribution in [1.29, 1.82) is 0 Å². The summed E-state index contributed by atoms with van der Waals surface area (Å²) in [4.78, 5) is 15.6. The number of nitrogens with zero attached hydrogens (tertiary/aromatic N) is 2. The van der Waals surface area contributed by atoms with E-state index in [2.05, 4.69) is 4.98 Å². The van der Waals surface area contributed by atoms with E-state index in [4.69, 9.17) is 5.11 Å². The monoisotopic (exact) mass is 240 g/mol. The van der Waals surface area contributed by atoms with Gasteiger partial charge in [0.05, 0.1) is 12.3 Å². The van der Waals surface area contributed by atoms with Crippen LogP contribution in [0.2, 0.25) is 0 Å². The second-order valence-corrected chi connectivity index (χ2v) is 4.16. The van der Waals surface area contributed by atoms with Crippen LogP contribution in [0.1, 0.15) is 18.1 Å². The molecule has 5 nitrogen and oxygen atoms in total. The molecular formula is C11H13FN2O3. The molecular weight excluding hydrogens is 227 g/mol. The molecule has 1 aromatic rings. The molecule has 0 aliphatic carbocycles. The van der Waals surface area contributed by atoms with Crippen molar-refractivity contribution in [1.82, 2.24) is 9.88 Å². The van der Waals surface area contributed by atoms with Gasteiger partial charge in [-0.3, -0.25) is 4.98 Å². The molecule has 0 radical (unpaired) electrons. The fraction of sp³-hybridized carbons (Fsp3) is 0.455. The SMILES string of the molecule is O=C(O)N1CC[C@H]([C@H](O)c2cncc(F)c2)C1. The summed E-state index contributed by atoms with van der Waals surface area (Å²) in [6, 6.07) is 1.22. The normalized spacial score (nSPS) is 21.5. The Morgan fingerprint density at radius 2 is 2.35 bits per heavy atom. The molecule has 0 saturated carbocycles. The molecule has 2 N–H and O–H groups in total. The molecule has 17 heavy (non-hydrogen) atoms. The molecule has 92 valence electrons. The van der Waals surface area contributed by atoms with Gasteiger partial charge in [0, 0.05) is 30.8 Å². The summed E-state index contributed by atoms with van der Waals surface area (Å²) in [7, 11) is 0. The van der Waals surface area contributed by atoms with Crippen LogP contribution in [0, 0.1) is 11.7 Å². The standard InChI is InChI=1S/C11H13FN2O3/c12-9-3-8(4-13-5-9)10(15)7-1-2-14(6-7)11(16)17/h3-5,7,10,15H,1-2,6H2,(H,16,17)/t7-,10-/m0/s1. The van der Waals surface area contributed by atoms with Crippen molar-refractivity contribution < 1.29 is 19.4 Å². The number of rotatable bonds is 2. The molecule has 2 rings (SSSR count). The van der Waals surface area contributed by atoms with Crippen molar-refractivity contribution in [3.63, 3.8) is 0 Å². The van der Waals surface area contributed by atoms with Crippen molar-refractivity contribution >= 4 is 6.09 Å². The number of likely N-dealkylation sites (tertiary alicyclic amines) is 1. The van der Waals surface area contributed by atoms with Crippen molar-refractivity contribution in [2.24, 2.45) is 5.92 Å². The lowest BCUT2D eigenvalue weighted by atomic mass is 9.96. The number of aliphatic hydroxyl groups excluding tert-OH is 1. The summed E-state index contributed by atoms with van der Waals surface area (Å²) < 4.78 is 12.9. The first kappa shape index (κ1) is 11.8. The topological polar surface area (TPSA) is 73.7 Å². The number of pyridine rings is 1. The van der Waals surface area contributed by atoms with E-state index in [9.17, 15) is 14.3 Å². The predicted octanol–water partition coefficient (Wildman–Crippen LogP) is 1.25. The zero-order valence-corrected chi connectivity index (χ0v) is 9.08.